The molecule has 3 heteroatoms. The molecule has 1 N–H and O–H groups in total. The van der Waals surface area contributed by atoms with Gasteiger partial charge in [0.25, 0.3) is 0 Å². The molecule has 3 nitrogen and oxygen atoms in total. The summed E-state index contributed by atoms with van der Waals surface area (Å²) >= 11 is 0. The van der Waals surface area contributed by atoms with Crippen LogP contribution in [0.3, 0.4) is 0 Å². The van der Waals surface area contributed by atoms with E-state index in [-0.39, 0.29) is 6.10 Å². The molecule has 0 aliphatic heterocycles. The number of anilines is 1. The van der Waals surface area contributed by atoms with Crippen molar-refractivity contribution in [3.05, 3.63) is 54.6 Å². The molecule has 124 valence electrons. The molecule has 0 saturated heterocycles. The van der Waals surface area contributed by atoms with Gasteiger partial charge in [-0.2, -0.15) is 0 Å². The van der Waals surface area contributed by atoms with Crippen molar-refractivity contribution in [3.63, 3.8) is 0 Å². The second-order valence-corrected chi connectivity index (χ2v) is 5.57. The molecule has 0 bridgehead atoms. The molecule has 2 rings (SSSR count). The van der Waals surface area contributed by atoms with Gasteiger partial charge in [-0.3, -0.25) is 0 Å². The fourth-order valence-corrected chi connectivity index (χ4v) is 2.22. The number of hydrogen-bond donors (Lipinski definition) is 1. The third-order valence-electron chi connectivity index (χ3n) is 3.64. The molecule has 0 heterocycles. The molecular weight excluding hydrogens is 286 g/mol. The molecular formula is C20H27NO2. The summed E-state index contributed by atoms with van der Waals surface area (Å²) in [5.74, 6) is 1.83. The predicted molar refractivity (Wildman–Crippen MR) is 96.5 cm³/mol. The maximum atomic E-state index is 6.00. The molecule has 1 atom stereocenters. The van der Waals surface area contributed by atoms with Gasteiger partial charge in [0, 0.05) is 11.8 Å². The first-order valence-corrected chi connectivity index (χ1v) is 8.50. The largest absolute Gasteiger partial charge is 0.494 e. The Balaban J connectivity index is 1.84. The number of unbranched alkanes of at least 4 members (excludes halogenated alkanes) is 1. The molecule has 2 aromatic rings. The van der Waals surface area contributed by atoms with Crippen LogP contribution in [-0.2, 0) is 0 Å². The standard InChI is InChI=1S/C20H27NO2/c1-3-5-14-22-20-13-9-10-17(15-20)21-16-18(4-2)23-19-11-7-6-8-12-19/h6-13,15,18,21H,3-5,14,16H2,1-2H3. The Morgan fingerprint density at radius 1 is 0.957 bits per heavy atom. The van der Waals surface area contributed by atoms with Crippen molar-refractivity contribution >= 4 is 5.69 Å². The van der Waals surface area contributed by atoms with Crippen LogP contribution in [0.1, 0.15) is 33.1 Å². The molecule has 0 aliphatic carbocycles. The molecule has 0 radical (unpaired) electrons. The van der Waals surface area contributed by atoms with Crippen LogP contribution in [-0.4, -0.2) is 19.3 Å². The van der Waals surface area contributed by atoms with Gasteiger partial charge in [-0.15, -0.1) is 0 Å². The first-order chi connectivity index (χ1) is 11.3. The summed E-state index contributed by atoms with van der Waals surface area (Å²) in [6.07, 6.45) is 3.32. The topological polar surface area (TPSA) is 30.5 Å². The van der Waals surface area contributed by atoms with Crippen molar-refractivity contribution in [1.82, 2.24) is 0 Å². The minimum Gasteiger partial charge on any atom is -0.494 e. The Bertz CT molecular complexity index is 557. The molecule has 0 aromatic heterocycles. The monoisotopic (exact) mass is 313 g/mol. The quantitative estimate of drug-likeness (QED) is 0.616. The van der Waals surface area contributed by atoms with E-state index in [0.29, 0.717) is 0 Å². The van der Waals surface area contributed by atoms with Gasteiger partial charge in [0.15, 0.2) is 0 Å². The zero-order valence-electron chi connectivity index (χ0n) is 14.1. The van der Waals surface area contributed by atoms with Gasteiger partial charge in [-0.25, -0.2) is 0 Å². The van der Waals surface area contributed by atoms with E-state index >= 15 is 0 Å². The predicted octanol–water partition coefficient (Wildman–Crippen LogP) is 5.14. The van der Waals surface area contributed by atoms with E-state index in [9.17, 15) is 0 Å². The Morgan fingerprint density at radius 2 is 1.74 bits per heavy atom. The van der Waals surface area contributed by atoms with Crippen LogP contribution < -0.4 is 14.8 Å². The van der Waals surface area contributed by atoms with E-state index in [4.69, 9.17) is 9.47 Å². The smallest absolute Gasteiger partial charge is 0.121 e. The van der Waals surface area contributed by atoms with Gasteiger partial charge in [0.1, 0.15) is 17.6 Å². The lowest BCUT2D eigenvalue weighted by Crippen LogP contribution is -2.25. The summed E-state index contributed by atoms with van der Waals surface area (Å²) in [5, 5.41) is 3.44. The van der Waals surface area contributed by atoms with E-state index in [1.165, 1.54) is 0 Å². The van der Waals surface area contributed by atoms with Crippen LogP contribution in [0.4, 0.5) is 5.69 Å². The van der Waals surface area contributed by atoms with E-state index in [0.717, 1.165) is 49.6 Å². The number of rotatable bonds is 10. The summed E-state index contributed by atoms with van der Waals surface area (Å²) in [7, 11) is 0. The van der Waals surface area contributed by atoms with Gasteiger partial charge in [0.05, 0.1) is 13.2 Å². The van der Waals surface area contributed by atoms with Crippen molar-refractivity contribution < 1.29 is 9.47 Å². The summed E-state index contributed by atoms with van der Waals surface area (Å²) in [4.78, 5) is 0. The van der Waals surface area contributed by atoms with Gasteiger partial charge in [-0.1, -0.05) is 44.5 Å². The minimum atomic E-state index is 0.141. The zero-order valence-corrected chi connectivity index (χ0v) is 14.1. The average molecular weight is 313 g/mol. The Kier molecular flexibility index (Phi) is 7.31. The number of ether oxygens (including phenoxy) is 2. The molecule has 0 saturated carbocycles. The molecule has 0 aliphatic rings. The summed E-state index contributed by atoms with van der Waals surface area (Å²) in [6.45, 7) is 5.84. The average Bonchev–Trinajstić information content (AvgIpc) is 2.60. The summed E-state index contributed by atoms with van der Waals surface area (Å²) in [6, 6.07) is 18.1. The minimum absolute atomic E-state index is 0.141. The lowest BCUT2D eigenvalue weighted by atomic mass is 10.2. The Labute approximate surface area is 139 Å². The van der Waals surface area contributed by atoms with E-state index in [1.807, 2.05) is 48.5 Å². The molecule has 2 aromatic carbocycles. The van der Waals surface area contributed by atoms with Crippen molar-refractivity contribution in [2.45, 2.75) is 39.2 Å². The maximum absolute atomic E-state index is 6.00. The van der Waals surface area contributed by atoms with Crippen molar-refractivity contribution in [3.8, 4) is 11.5 Å². The molecule has 23 heavy (non-hydrogen) atoms. The molecule has 0 spiro atoms. The number of benzene rings is 2. The highest BCUT2D eigenvalue weighted by Crippen LogP contribution is 2.19. The van der Waals surface area contributed by atoms with Crippen LogP contribution in [0.5, 0.6) is 11.5 Å². The lowest BCUT2D eigenvalue weighted by molar-refractivity contribution is 0.210. The highest BCUT2D eigenvalue weighted by Gasteiger charge is 2.08. The Hall–Kier alpha value is -2.16. The van der Waals surface area contributed by atoms with Crippen molar-refractivity contribution in [1.29, 1.82) is 0 Å². The number of hydrogen-bond acceptors (Lipinski definition) is 3. The molecule has 0 amide bonds. The summed E-state index contributed by atoms with van der Waals surface area (Å²) in [5.41, 5.74) is 1.06. The van der Waals surface area contributed by atoms with E-state index in [1.54, 1.807) is 0 Å². The van der Waals surface area contributed by atoms with Gasteiger partial charge in [0.2, 0.25) is 0 Å². The second-order valence-electron chi connectivity index (χ2n) is 5.57. The molecule has 0 fully saturated rings. The van der Waals surface area contributed by atoms with Gasteiger partial charge in [-0.05, 0) is 37.1 Å². The maximum Gasteiger partial charge on any atom is 0.121 e. The highest BCUT2D eigenvalue weighted by atomic mass is 16.5. The third-order valence-corrected chi connectivity index (χ3v) is 3.64. The normalized spacial score (nSPS) is 11.7. The molecule has 1 unspecified atom stereocenters. The Morgan fingerprint density at radius 3 is 2.48 bits per heavy atom. The second kappa shape index (κ2) is 9.78. The van der Waals surface area contributed by atoms with Gasteiger partial charge >= 0.3 is 0 Å². The zero-order chi connectivity index (χ0) is 16.3. The first-order valence-electron chi connectivity index (χ1n) is 8.50. The number of para-hydroxylation sites is 1. The third kappa shape index (κ3) is 6.23. The van der Waals surface area contributed by atoms with Crippen molar-refractivity contribution in [2.75, 3.05) is 18.5 Å². The van der Waals surface area contributed by atoms with Crippen LogP contribution in [0.2, 0.25) is 0 Å². The van der Waals surface area contributed by atoms with Crippen LogP contribution >= 0.6 is 0 Å². The first kappa shape index (κ1) is 17.2. The summed E-state index contributed by atoms with van der Waals surface area (Å²) < 4.78 is 11.7. The van der Waals surface area contributed by atoms with Crippen molar-refractivity contribution in [2.24, 2.45) is 0 Å². The fraction of sp³-hybridized carbons (Fsp3) is 0.400. The SMILES string of the molecule is CCCCOc1cccc(NCC(CC)Oc2ccccc2)c1. The van der Waals surface area contributed by atoms with Crippen LogP contribution in [0, 0.1) is 0 Å². The highest BCUT2D eigenvalue weighted by molar-refractivity contribution is 5.48. The fourth-order valence-electron chi connectivity index (χ4n) is 2.22. The van der Waals surface area contributed by atoms with Crippen LogP contribution in [0.25, 0.3) is 0 Å². The van der Waals surface area contributed by atoms with E-state index < -0.39 is 0 Å². The number of nitrogens with one attached hydrogen (secondary N) is 1. The van der Waals surface area contributed by atoms with Crippen LogP contribution in [0.15, 0.2) is 54.6 Å². The lowest BCUT2D eigenvalue weighted by Gasteiger charge is -2.19. The van der Waals surface area contributed by atoms with Gasteiger partial charge < -0.3 is 14.8 Å². The van der Waals surface area contributed by atoms with E-state index in [2.05, 4.69) is 25.2 Å².